The van der Waals surface area contributed by atoms with Crippen molar-refractivity contribution in [3.8, 4) is 0 Å². The molecule has 198 valence electrons. The van der Waals surface area contributed by atoms with Gasteiger partial charge in [-0.1, -0.05) is 161 Å². The van der Waals surface area contributed by atoms with E-state index in [0.717, 1.165) is 0 Å². The van der Waals surface area contributed by atoms with E-state index in [0.29, 0.717) is 32.5 Å². The molecule has 3 heteroatoms. The average molecular weight is 511 g/mol. The highest BCUT2D eigenvalue weighted by atomic mass is 30.2. The number of hydrogen-bond donors (Lipinski definition) is 0. The van der Waals surface area contributed by atoms with Crippen LogP contribution in [0, 0.1) is 32.5 Å². The van der Waals surface area contributed by atoms with Crippen molar-refractivity contribution < 1.29 is 0 Å². The van der Waals surface area contributed by atoms with E-state index in [1.54, 1.807) is 36.3 Å². The van der Waals surface area contributed by atoms with Crippen LogP contribution in [0.5, 0.6) is 0 Å². The molecule has 0 bridgehead atoms. The topological polar surface area (TPSA) is 0 Å². The summed E-state index contributed by atoms with van der Waals surface area (Å²) >= 11 is 0. The summed E-state index contributed by atoms with van der Waals surface area (Å²) in [6.45, 7) is 46.6. The predicted octanol–water partition coefficient (Wildman–Crippen LogP) is 10.9. The van der Waals surface area contributed by atoms with E-state index in [-0.39, 0.29) is 0 Å². The summed E-state index contributed by atoms with van der Waals surface area (Å²) in [5.41, 5.74) is 2.73. The van der Waals surface area contributed by atoms with Crippen molar-refractivity contribution >= 4 is 21.3 Å². The Balaban J connectivity index is 4.13. The second-order valence-corrected chi connectivity index (χ2v) is 50.0. The van der Waals surface area contributed by atoms with Gasteiger partial charge in [-0.05, 0) is 32.5 Å². The fourth-order valence-corrected chi connectivity index (χ4v) is 105. The summed E-state index contributed by atoms with van der Waals surface area (Å²) in [6, 6.07) is 9.63. The molecule has 1 saturated heterocycles. The second-order valence-electron chi connectivity index (χ2n) is 19.7. The minimum atomic E-state index is -1.44. The van der Waals surface area contributed by atoms with Crippen molar-refractivity contribution in [2.45, 2.75) is 161 Å². The van der Waals surface area contributed by atoms with E-state index >= 15 is 0 Å². The van der Waals surface area contributed by atoms with Crippen molar-refractivity contribution in [1.82, 2.24) is 0 Å². The molecule has 0 nitrogen and oxygen atoms in total. The van der Waals surface area contributed by atoms with E-state index in [2.05, 4.69) is 125 Å². The van der Waals surface area contributed by atoms with Crippen LogP contribution in [0.4, 0.5) is 0 Å². The zero-order valence-electron chi connectivity index (χ0n) is 26.7. The van der Waals surface area contributed by atoms with Crippen LogP contribution >= 0.6 is 0 Å². The first kappa shape index (κ1) is 31.7. The molecule has 0 aromatic heterocycles. The highest BCUT2D eigenvalue weighted by molar-refractivity contribution is 8.14. The lowest BCUT2D eigenvalue weighted by molar-refractivity contribution is 0.431. The minimum absolute atomic E-state index is 0.454. The smallest absolute Gasteiger partial charge is 0.0388 e. The van der Waals surface area contributed by atoms with Crippen LogP contribution in [-0.2, 0) is 0 Å². The van der Waals surface area contributed by atoms with Crippen molar-refractivity contribution in [3.63, 3.8) is 0 Å². The molecule has 1 aliphatic rings. The first-order valence-electron chi connectivity index (χ1n) is 14.0. The van der Waals surface area contributed by atoms with Gasteiger partial charge in [0.05, 0.1) is 0 Å². The highest BCUT2D eigenvalue weighted by Crippen LogP contribution is 2.72. The van der Waals surface area contributed by atoms with Crippen LogP contribution in [0.3, 0.4) is 0 Å². The molecule has 1 heterocycles. The SMILES string of the molecule is CC(C)(C)C[Si]1(CC(C)(C)C)[Si](CC(C)(C)C)(CC(C)(C)C)[Si]1(CC(C)(C)C)CC(C)(C)C. The summed E-state index contributed by atoms with van der Waals surface area (Å²) in [6.07, 6.45) is 0. The zero-order valence-corrected chi connectivity index (χ0v) is 29.7. The molecular weight excluding hydrogens is 445 g/mol. The van der Waals surface area contributed by atoms with Crippen LogP contribution in [0.15, 0.2) is 0 Å². The molecule has 0 N–H and O–H groups in total. The van der Waals surface area contributed by atoms with E-state index in [1.807, 2.05) is 0 Å². The van der Waals surface area contributed by atoms with E-state index < -0.39 is 21.3 Å². The fraction of sp³-hybridized carbons (Fsp3) is 1.00. The Kier molecular flexibility index (Phi) is 8.54. The molecule has 0 saturated carbocycles. The van der Waals surface area contributed by atoms with Gasteiger partial charge in [0.25, 0.3) is 0 Å². The van der Waals surface area contributed by atoms with Gasteiger partial charge in [-0.2, -0.15) is 0 Å². The second kappa shape index (κ2) is 8.89. The van der Waals surface area contributed by atoms with Gasteiger partial charge < -0.3 is 0 Å². The summed E-state index contributed by atoms with van der Waals surface area (Å²) in [5.74, 6) is 0. The molecule has 0 aromatic carbocycles. The normalized spacial score (nSPS) is 21.3. The zero-order chi connectivity index (χ0) is 26.7. The van der Waals surface area contributed by atoms with Gasteiger partial charge in [0, 0.05) is 21.3 Å². The van der Waals surface area contributed by atoms with Crippen LogP contribution < -0.4 is 0 Å². The maximum absolute atomic E-state index is 2.59. The molecule has 0 spiro atoms. The van der Waals surface area contributed by atoms with Crippen LogP contribution in [0.25, 0.3) is 0 Å². The Morgan fingerprint density at radius 3 is 0.394 bits per heavy atom. The molecule has 1 rings (SSSR count). The Morgan fingerprint density at radius 2 is 0.333 bits per heavy atom. The molecule has 0 amide bonds. The first-order valence-corrected chi connectivity index (χ1v) is 24.2. The molecular formula is C30H66Si3. The van der Waals surface area contributed by atoms with Crippen LogP contribution in [-0.4, -0.2) is 21.3 Å². The molecule has 0 radical (unpaired) electrons. The largest absolute Gasteiger partial charge is 0.0605 e. The maximum Gasteiger partial charge on any atom is 0.0388 e. The van der Waals surface area contributed by atoms with Gasteiger partial charge in [-0.15, -0.1) is 0 Å². The molecule has 0 aliphatic carbocycles. The van der Waals surface area contributed by atoms with Gasteiger partial charge in [-0.25, -0.2) is 0 Å². The molecule has 1 aliphatic heterocycles. The van der Waals surface area contributed by atoms with E-state index in [1.165, 1.54) is 0 Å². The van der Waals surface area contributed by atoms with Crippen LogP contribution in [0.1, 0.15) is 125 Å². The van der Waals surface area contributed by atoms with Gasteiger partial charge in [-0.3, -0.25) is 0 Å². The Hall–Kier alpha value is 0.651. The van der Waals surface area contributed by atoms with Crippen molar-refractivity contribution in [3.05, 3.63) is 0 Å². The molecule has 1 fully saturated rings. The summed E-state index contributed by atoms with van der Waals surface area (Å²) in [4.78, 5) is 0. The Morgan fingerprint density at radius 1 is 0.242 bits per heavy atom. The van der Waals surface area contributed by atoms with E-state index in [9.17, 15) is 0 Å². The summed E-state index contributed by atoms with van der Waals surface area (Å²) in [5, 5.41) is 0. The monoisotopic (exact) mass is 510 g/mol. The fourth-order valence-electron chi connectivity index (χ4n) is 8.66. The van der Waals surface area contributed by atoms with Crippen molar-refractivity contribution in [1.29, 1.82) is 0 Å². The molecule has 0 unspecified atom stereocenters. The van der Waals surface area contributed by atoms with Crippen LogP contribution in [0.2, 0.25) is 36.3 Å². The lowest BCUT2D eigenvalue weighted by atomic mass is 10.00. The molecule has 0 atom stereocenters. The summed E-state index contributed by atoms with van der Waals surface area (Å²) in [7, 11) is -4.33. The van der Waals surface area contributed by atoms with Crippen molar-refractivity contribution in [2.24, 2.45) is 32.5 Å². The van der Waals surface area contributed by atoms with Crippen molar-refractivity contribution in [2.75, 3.05) is 0 Å². The number of hydrogen-bond acceptors (Lipinski definition) is 0. The van der Waals surface area contributed by atoms with Gasteiger partial charge in [0.1, 0.15) is 0 Å². The molecule has 33 heavy (non-hydrogen) atoms. The van der Waals surface area contributed by atoms with Gasteiger partial charge in [0.2, 0.25) is 0 Å². The third-order valence-electron chi connectivity index (χ3n) is 7.68. The third kappa shape index (κ3) is 8.07. The van der Waals surface area contributed by atoms with Gasteiger partial charge >= 0.3 is 0 Å². The maximum atomic E-state index is 2.59. The van der Waals surface area contributed by atoms with E-state index in [4.69, 9.17) is 0 Å². The lowest BCUT2D eigenvalue weighted by Gasteiger charge is -2.39. The molecule has 0 aromatic rings. The Bertz CT molecular complexity index is 505. The highest BCUT2D eigenvalue weighted by Gasteiger charge is 2.88. The summed E-state index contributed by atoms with van der Waals surface area (Å²) < 4.78 is 0. The third-order valence-corrected chi connectivity index (χ3v) is 66.9. The number of rotatable bonds is 6. The minimum Gasteiger partial charge on any atom is -0.0605 e. The lowest BCUT2D eigenvalue weighted by Crippen LogP contribution is -2.44. The standard InChI is InChI=1S/C30H66Si3/c1-25(2,3)19-31(20-26(4,5)6)32(21-27(7,8)9,22-28(10,11)12)33(31,23-29(13,14)15)24-30(16,17)18/h19-24H2,1-18H3. The predicted molar refractivity (Wildman–Crippen MR) is 163 cm³/mol. The first-order chi connectivity index (χ1) is 14.0. The quantitative estimate of drug-likeness (QED) is 0.311. The van der Waals surface area contributed by atoms with Gasteiger partial charge in [0.15, 0.2) is 0 Å². The Labute approximate surface area is 214 Å². The average Bonchev–Trinajstić information content (AvgIpc) is 2.68.